The molecule has 80 valence electrons. The van der Waals surface area contributed by atoms with Gasteiger partial charge in [-0.1, -0.05) is 18.2 Å². The van der Waals surface area contributed by atoms with Crippen LogP contribution in [0.5, 0.6) is 0 Å². The van der Waals surface area contributed by atoms with Crippen LogP contribution in [-0.4, -0.2) is 22.6 Å². The largest absolute Gasteiger partial charge is 0.254 e. The second-order valence-corrected chi connectivity index (χ2v) is 4.11. The Morgan fingerprint density at radius 1 is 1.12 bits per heavy atom. The van der Waals surface area contributed by atoms with Crippen molar-refractivity contribution in [2.75, 3.05) is 0 Å². The molecular formula is C13H8N4. The topological polar surface area (TPSA) is 50.0 Å². The molecule has 0 spiro atoms. The summed E-state index contributed by atoms with van der Waals surface area (Å²) in [6.07, 6.45) is 4.30. The van der Waals surface area contributed by atoms with E-state index >= 15 is 0 Å². The molecule has 0 fully saturated rings. The summed E-state index contributed by atoms with van der Waals surface area (Å²) in [6, 6.07) is 8.17. The molecule has 2 aliphatic rings. The van der Waals surface area contributed by atoms with Crippen LogP contribution in [0, 0.1) is 0 Å². The van der Waals surface area contributed by atoms with Crippen LogP contribution in [0.1, 0.15) is 5.56 Å². The van der Waals surface area contributed by atoms with Gasteiger partial charge in [0, 0.05) is 18.0 Å². The zero-order valence-electron chi connectivity index (χ0n) is 8.96. The average molecular weight is 220 g/mol. The SMILES string of the molecule is C1=NN=C2Cc3ccc4cccnc4c3N=C12. The Hall–Kier alpha value is -2.36. The Morgan fingerprint density at radius 2 is 2.12 bits per heavy atom. The molecule has 2 aliphatic heterocycles. The molecule has 17 heavy (non-hydrogen) atoms. The fraction of sp³-hybridized carbons (Fsp3) is 0.0769. The number of pyridine rings is 1. The van der Waals surface area contributed by atoms with Crippen LogP contribution in [-0.2, 0) is 6.42 Å². The van der Waals surface area contributed by atoms with Crippen molar-refractivity contribution < 1.29 is 0 Å². The van der Waals surface area contributed by atoms with Crippen molar-refractivity contribution in [2.45, 2.75) is 6.42 Å². The van der Waals surface area contributed by atoms with Gasteiger partial charge >= 0.3 is 0 Å². The van der Waals surface area contributed by atoms with Crippen LogP contribution >= 0.6 is 0 Å². The maximum absolute atomic E-state index is 4.61. The van der Waals surface area contributed by atoms with Gasteiger partial charge in [-0.25, -0.2) is 4.99 Å². The van der Waals surface area contributed by atoms with Crippen molar-refractivity contribution in [3.05, 3.63) is 36.0 Å². The molecule has 0 saturated carbocycles. The number of nitrogens with zero attached hydrogens (tertiary/aromatic N) is 4. The number of benzene rings is 1. The Labute approximate surface area is 97.4 Å². The zero-order chi connectivity index (χ0) is 11.2. The van der Waals surface area contributed by atoms with Crippen LogP contribution in [0.25, 0.3) is 10.9 Å². The van der Waals surface area contributed by atoms with Crippen molar-refractivity contribution >= 4 is 34.2 Å². The molecule has 0 saturated heterocycles. The first-order valence-electron chi connectivity index (χ1n) is 5.47. The number of hydrogen-bond acceptors (Lipinski definition) is 4. The highest BCUT2D eigenvalue weighted by Gasteiger charge is 2.21. The first kappa shape index (κ1) is 8.75. The van der Waals surface area contributed by atoms with Crippen LogP contribution < -0.4 is 0 Å². The Morgan fingerprint density at radius 3 is 3.12 bits per heavy atom. The molecule has 0 unspecified atom stereocenters. The molecule has 4 rings (SSSR count). The van der Waals surface area contributed by atoms with E-state index in [-0.39, 0.29) is 0 Å². The lowest BCUT2D eigenvalue weighted by molar-refractivity contribution is 1.22. The monoisotopic (exact) mass is 220 g/mol. The van der Waals surface area contributed by atoms with E-state index in [4.69, 9.17) is 0 Å². The first-order chi connectivity index (χ1) is 8.42. The minimum absolute atomic E-state index is 0.792. The number of aromatic nitrogens is 1. The standard InChI is InChI=1S/C13H8N4/c1-2-8-3-4-9-6-10-11(7-15-17-10)16-13(9)12(8)14-5-1/h1-5,7H,6H2. The predicted molar refractivity (Wildman–Crippen MR) is 68.5 cm³/mol. The third kappa shape index (κ3) is 1.18. The molecule has 4 heteroatoms. The van der Waals surface area contributed by atoms with Gasteiger partial charge in [-0.05, 0) is 11.6 Å². The maximum Gasteiger partial charge on any atom is 0.108 e. The summed E-state index contributed by atoms with van der Waals surface area (Å²) in [6.45, 7) is 0. The molecule has 0 atom stereocenters. The Balaban J connectivity index is 2.08. The van der Waals surface area contributed by atoms with Gasteiger partial charge in [0.15, 0.2) is 0 Å². The molecule has 0 N–H and O–H groups in total. The van der Waals surface area contributed by atoms with Gasteiger partial charge in [-0.3, -0.25) is 4.98 Å². The van der Waals surface area contributed by atoms with Gasteiger partial charge in [0.25, 0.3) is 0 Å². The van der Waals surface area contributed by atoms with Gasteiger partial charge < -0.3 is 0 Å². The fourth-order valence-corrected chi connectivity index (χ4v) is 2.24. The van der Waals surface area contributed by atoms with E-state index in [1.165, 1.54) is 5.56 Å². The highest BCUT2D eigenvalue weighted by atomic mass is 15.2. The van der Waals surface area contributed by atoms with Crippen LogP contribution in [0.15, 0.2) is 45.7 Å². The minimum Gasteiger partial charge on any atom is -0.254 e. The van der Waals surface area contributed by atoms with E-state index in [1.54, 1.807) is 12.4 Å². The van der Waals surface area contributed by atoms with Crippen molar-refractivity contribution in [3.63, 3.8) is 0 Å². The van der Waals surface area contributed by atoms with E-state index in [0.29, 0.717) is 0 Å². The number of hydrogen-bond donors (Lipinski definition) is 0. The first-order valence-corrected chi connectivity index (χ1v) is 5.47. The molecule has 4 nitrogen and oxygen atoms in total. The van der Waals surface area contributed by atoms with E-state index in [1.807, 2.05) is 6.07 Å². The third-order valence-electron chi connectivity index (χ3n) is 3.08. The van der Waals surface area contributed by atoms with Crippen molar-refractivity contribution in [3.8, 4) is 0 Å². The van der Waals surface area contributed by atoms with E-state index in [0.717, 1.165) is 34.4 Å². The van der Waals surface area contributed by atoms with Crippen LogP contribution in [0.4, 0.5) is 5.69 Å². The number of aliphatic imine (C=N–C) groups is 1. The quantitative estimate of drug-likeness (QED) is 0.672. The summed E-state index contributed by atoms with van der Waals surface area (Å²) in [7, 11) is 0. The molecule has 0 amide bonds. The van der Waals surface area contributed by atoms with Gasteiger partial charge in [-0.2, -0.15) is 10.2 Å². The molecule has 0 radical (unpaired) electrons. The zero-order valence-corrected chi connectivity index (χ0v) is 8.96. The molecule has 0 aliphatic carbocycles. The summed E-state index contributed by atoms with van der Waals surface area (Å²) in [5.74, 6) is 0. The smallest absolute Gasteiger partial charge is 0.108 e. The summed E-state index contributed by atoms with van der Waals surface area (Å²) >= 11 is 0. The fourth-order valence-electron chi connectivity index (χ4n) is 2.24. The van der Waals surface area contributed by atoms with Crippen LogP contribution in [0.3, 0.4) is 0 Å². The predicted octanol–water partition coefficient (Wildman–Crippen LogP) is 2.30. The summed E-state index contributed by atoms with van der Waals surface area (Å²) in [5, 5.41) is 9.09. The minimum atomic E-state index is 0.792. The second-order valence-electron chi connectivity index (χ2n) is 4.11. The molecule has 3 heterocycles. The molecule has 0 bridgehead atoms. The Bertz CT molecular complexity index is 725. The summed E-state index contributed by atoms with van der Waals surface area (Å²) in [5.41, 5.74) is 4.91. The number of rotatable bonds is 0. The van der Waals surface area contributed by atoms with Crippen molar-refractivity contribution in [2.24, 2.45) is 15.2 Å². The lowest BCUT2D eigenvalue weighted by Gasteiger charge is -2.13. The lowest BCUT2D eigenvalue weighted by Crippen LogP contribution is -2.18. The Kier molecular flexibility index (Phi) is 1.58. The van der Waals surface area contributed by atoms with Gasteiger partial charge in [-0.15, -0.1) is 0 Å². The van der Waals surface area contributed by atoms with Crippen molar-refractivity contribution in [1.82, 2.24) is 4.98 Å². The molecule has 1 aromatic heterocycles. The number of fused-ring (bicyclic) bond motifs is 4. The van der Waals surface area contributed by atoms with Gasteiger partial charge in [0.05, 0.1) is 23.1 Å². The highest BCUT2D eigenvalue weighted by Crippen LogP contribution is 2.32. The maximum atomic E-state index is 4.61. The summed E-state index contributed by atoms with van der Waals surface area (Å²) < 4.78 is 0. The molecular weight excluding hydrogens is 212 g/mol. The third-order valence-corrected chi connectivity index (χ3v) is 3.08. The van der Waals surface area contributed by atoms with Crippen molar-refractivity contribution in [1.29, 1.82) is 0 Å². The normalized spacial score (nSPS) is 16.5. The second kappa shape index (κ2) is 3.07. The van der Waals surface area contributed by atoms with E-state index < -0.39 is 0 Å². The van der Waals surface area contributed by atoms with E-state index in [2.05, 4.69) is 38.4 Å². The molecule has 1 aromatic carbocycles. The lowest BCUT2D eigenvalue weighted by atomic mass is 9.98. The van der Waals surface area contributed by atoms with Crippen LogP contribution in [0.2, 0.25) is 0 Å². The van der Waals surface area contributed by atoms with Gasteiger partial charge in [0.2, 0.25) is 0 Å². The summed E-state index contributed by atoms with van der Waals surface area (Å²) in [4.78, 5) is 9.03. The van der Waals surface area contributed by atoms with E-state index in [9.17, 15) is 0 Å². The highest BCUT2D eigenvalue weighted by molar-refractivity contribution is 6.65. The average Bonchev–Trinajstić information content (AvgIpc) is 2.83. The molecule has 2 aromatic rings. The van der Waals surface area contributed by atoms with Gasteiger partial charge in [0.1, 0.15) is 5.71 Å².